The summed E-state index contributed by atoms with van der Waals surface area (Å²) in [6.45, 7) is 1.49. The second-order valence-corrected chi connectivity index (χ2v) is 3.60. The molecule has 19 heavy (non-hydrogen) atoms. The highest BCUT2D eigenvalue weighted by molar-refractivity contribution is 6.29. The van der Waals surface area contributed by atoms with E-state index in [1.54, 1.807) is 0 Å². The van der Waals surface area contributed by atoms with Gasteiger partial charge in [0, 0.05) is 6.07 Å². The van der Waals surface area contributed by atoms with E-state index in [0.29, 0.717) is 0 Å². The Morgan fingerprint density at radius 2 is 2.05 bits per heavy atom. The van der Waals surface area contributed by atoms with Crippen LogP contribution in [0.3, 0.4) is 0 Å². The molecule has 0 aromatic heterocycles. The van der Waals surface area contributed by atoms with E-state index in [-0.39, 0.29) is 22.6 Å². The molecule has 0 atom stereocenters. The van der Waals surface area contributed by atoms with Crippen LogP contribution in [0.2, 0.25) is 0 Å². The largest absolute Gasteiger partial charge is 0.449 e. The van der Waals surface area contributed by atoms with Crippen LogP contribution in [0, 0.1) is 10.1 Å². The predicted octanol–water partition coefficient (Wildman–Crippen LogP) is 1.35. The van der Waals surface area contributed by atoms with Crippen molar-refractivity contribution in [2.24, 2.45) is 0 Å². The molecular formula is C11H8N2O6. The van der Waals surface area contributed by atoms with Crippen molar-refractivity contribution < 1.29 is 24.0 Å². The lowest BCUT2D eigenvalue weighted by Crippen LogP contribution is -2.36. The minimum absolute atomic E-state index is 0.0195. The van der Waals surface area contributed by atoms with E-state index in [1.807, 2.05) is 0 Å². The number of nitro benzene ring substituents is 1. The maximum absolute atomic E-state index is 11.9. The van der Waals surface area contributed by atoms with Gasteiger partial charge in [-0.15, -0.1) is 0 Å². The Balaban J connectivity index is 2.53. The summed E-state index contributed by atoms with van der Waals surface area (Å²) >= 11 is 0. The van der Waals surface area contributed by atoms with Crippen LogP contribution in [-0.2, 0) is 4.74 Å². The van der Waals surface area contributed by atoms with Gasteiger partial charge in [-0.05, 0) is 13.0 Å². The number of amides is 3. The van der Waals surface area contributed by atoms with Gasteiger partial charge < -0.3 is 4.74 Å². The molecule has 0 saturated carbocycles. The summed E-state index contributed by atoms with van der Waals surface area (Å²) in [7, 11) is 0. The Kier molecular flexibility index (Phi) is 2.99. The quantitative estimate of drug-likeness (QED) is 0.453. The lowest BCUT2D eigenvalue weighted by atomic mass is 10.1. The smallest absolute Gasteiger partial charge is 0.424 e. The van der Waals surface area contributed by atoms with Crippen molar-refractivity contribution in [3.05, 3.63) is 39.4 Å². The molecule has 1 aliphatic heterocycles. The summed E-state index contributed by atoms with van der Waals surface area (Å²) in [5.74, 6) is -1.95. The third-order valence-electron chi connectivity index (χ3n) is 2.54. The number of hydrogen-bond donors (Lipinski definition) is 0. The molecule has 98 valence electrons. The first-order valence-electron chi connectivity index (χ1n) is 5.32. The lowest BCUT2D eigenvalue weighted by molar-refractivity contribution is -0.385. The molecule has 3 amide bonds. The molecule has 0 unspecified atom stereocenters. The van der Waals surface area contributed by atoms with Gasteiger partial charge >= 0.3 is 6.09 Å². The fourth-order valence-corrected chi connectivity index (χ4v) is 1.77. The molecule has 0 radical (unpaired) electrons. The third-order valence-corrected chi connectivity index (χ3v) is 2.54. The molecule has 1 aromatic rings. The molecule has 0 saturated heterocycles. The van der Waals surface area contributed by atoms with Gasteiger partial charge in [0.1, 0.15) is 5.56 Å². The number of rotatable bonds is 2. The van der Waals surface area contributed by atoms with Gasteiger partial charge in [-0.3, -0.25) is 19.7 Å². The van der Waals surface area contributed by atoms with Gasteiger partial charge in [0.2, 0.25) is 0 Å². The zero-order valence-electron chi connectivity index (χ0n) is 9.78. The van der Waals surface area contributed by atoms with E-state index >= 15 is 0 Å². The number of ether oxygens (including phenoxy) is 1. The topological polar surface area (TPSA) is 107 Å². The van der Waals surface area contributed by atoms with Crippen molar-refractivity contribution >= 4 is 23.6 Å². The van der Waals surface area contributed by atoms with Crippen molar-refractivity contribution in [1.29, 1.82) is 0 Å². The Bertz CT molecular complexity index is 609. The van der Waals surface area contributed by atoms with Gasteiger partial charge in [0.15, 0.2) is 0 Å². The fourth-order valence-electron chi connectivity index (χ4n) is 1.77. The number of nitro groups is 1. The number of carbonyl (C=O) groups excluding carboxylic acids is 3. The molecule has 0 aliphatic carbocycles. The Morgan fingerprint density at radius 1 is 1.37 bits per heavy atom. The van der Waals surface area contributed by atoms with Crippen molar-refractivity contribution in [3.8, 4) is 0 Å². The van der Waals surface area contributed by atoms with E-state index in [4.69, 9.17) is 0 Å². The first-order chi connectivity index (χ1) is 8.99. The molecular weight excluding hydrogens is 256 g/mol. The van der Waals surface area contributed by atoms with E-state index in [2.05, 4.69) is 4.74 Å². The minimum atomic E-state index is -1.14. The number of carbonyl (C=O) groups is 3. The highest BCUT2D eigenvalue weighted by Crippen LogP contribution is 2.30. The average Bonchev–Trinajstić information content (AvgIpc) is 2.62. The van der Waals surface area contributed by atoms with Crippen molar-refractivity contribution in [2.45, 2.75) is 6.92 Å². The highest BCUT2D eigenvalue weighted by Gasteiger charge is 2.45. The first-order valence-corrected chi connectivity index (χ1v) is 5.32. The van der Waals surface area contributed by atoms with E-state index < -0.39 is 28.5 Å². The van der Waals surface area contributed by atoms with Crippen LogP contribution in [0.15, 0.2) is 18.2 Å². The lowest BCUT2D eigenvalue weighted by Gasteiger charge is -2.10. The first kappa shape index (κ1) is 12.7. The van der Waals surface area contributed by atoms with E-state index in [9.17, 15) is 24.5 Å². The van der Waals surface area contributed by atoms with Gasteiger partial charge in [0.25, 0.3) is 17.5 Å². The second kappa shape index (κ2) is 4.48. The van der Waals surface area contributed by atoms with Gasteiger partial charge in [-0.1, -0.05) is 6.07 Å². The zero-order valence-corrected chi connectivity index (χ0v) is 9.78. The minimum Gasteiger partial charge on any atom is -0.449 e. The normalized spacial score (nSPS) is 13.4. The Hall–Kier alpha value is -2.77. The summed E-state index contributed by atoms with van der Waals surface area (Å²) in [5.41, 5.74) is -1.07. The molecule has 8 nitrogen and oxygen atoms in total. The SMILES string of the molecule is CCOC(=O)N1C(=O)c2cccc([N+](=O)[O-])c2C1=O. The average molecular weight is 264 g/mol. The molecule has 0 bridgehead atoms. The fraction of sp³-hybridized carbons (Fsp3) is 0.182. The number of nitrogens with zero attached hydrogens (tertiary/aromatic N) is 2. The summed E-state index contributed by atoms with van der Waals surface area (Å²) in [5, 5.41) is 10.8. The van der Waals surface area contributed by atoms with Crippen LogP contribution in [0.1, 0.15) is 27.6 Å². The molecule has 1 aliphatic rings. The van der Waals surface area contributed by atoms with Crippen molar-refractivity contribution in [1.82, 2.24) is 4.90 Å². The summed E-state index contributed by atoms with van der Waals surface area (Å²) in [4.78, 5) is 45.6. The van der Waals surface area contributed by atoms with Gasteiger partial charge in [-0.25, -0.2) is 4.79 Å². The molecule has 0 fully saturated rings. The Labute approximate surface area is 106 Å². The number of fused-ring (bicyclic) bond motifs is 1. The summed E-state index contributed by atoms with van der Waals surface area (Å²) in [6, 6.07) is 3.62. The van der Waals surface area contributed by atoms with Crippen LogP contribution >= 0.6 is 0 Å². The van der Waals surface area contributed by atoms with Crippen LogP contribution in [0.25, 0.3) is 0 Å². The van der Waals surface area contributed by atoms with Crippen LogP contribution in [-0.4, -0.2) is 34.3 Å². The summed E-state index contributed by atoms with van der Waals surface area (Å²) < 4.78 is 4.57. The molecule has 0 spiro atoms. The third kappa shape index (κ3) is 1.82. The Morgan fingerprint density at radius 3 is 2.63 bits per heavy atom. The van der Waals surface area contributed by atoms with Gasteiger partial charge in [0.05, 0.1) is 17.1 Å². The molecule has 1 heterocycles. The summed E-state index contributed by atoms with van der Waals surface area (Å²) in [6.07, 6.45) is -1.14. The highest BCUT2D eigenvalue weighted by atomic mass is 16.6. The van der Waals surface area contributed by atoms with E-state index in [0.717, 1.165) is 6.07 Å². The molecule has 0 N–H and O–H groups in total. The van der Waals surface area contributed by atoms with Gasteiger partial charge in [-0.2, -0.15) is 4.90 Å². The second-order valence-electron chi connectivity index (χ2n) is 3.60. The molecule has 8 heteroatoms. The zero-order chi connectivity index (χ0) is 14.2. The van der Waals surface area contributed by atoms with Crippen LogP contribution in [0.5, 0.6) is 0 Å². The molecule has 1 aromatic carbocycles. The van der Waals surface area contributed by atoms with Crippen LogP contribution < -0.4 is 0 Å². The number of hydrogen-bond acceptors (Lipinski definition) is 6. The van der Waals surface area contributed by atoms with E-state index in [1.165, 1.54) is 19.1 Å². The number of benzene rings is 1. The monoisotopic (exact) mass is 264 g/mol. The van der Waals surface area contributed by atoms with Crippen molar-refractivity contribution in [3.63, 3.8) is 0 Å². The maximum atomic E-state index is 11.9. The standard InChI is InChI=1S/C11H8N2O6/c1-2-19-11(16)12-9(14)6-4-3-5-7(13(17)18)8(6)10(12)15/h3-5H,2H2,1H3. The predicted molar refractivity (Wildman–Crippen MR) is 60.6 cm³/mol. The maximum Gasteiger partial charge on any atom is 0.424 e. The van der Waals surface area contributed by atoms with Crippen LogP contribution in [0.4, 0.5) is 10.5 Å². The molecule has 2 rings (SSSR count). The number of imide groups is 3. The van der Waals surface area contributed by atoms with Crippen molar-refractivity contribution in [2.75, 3.05) is 6.61 Å².